The van der Waals surface area contributed by atoms with E-state index in [-0.39, 0.29) is 35.2 Å². The molecular formula is C15H25ClN2O5S. The van der Waals surface area contributed by atoms with Crippen molar-refractivity contribution in [2.75, 3.05) is 20.8 Å². The summed E-state index contributed by atoms with van der Waals surface area (Å²) in [7, 11) is -1.17. The minimum atomic E-state index is -3.76. The summed E-state index contributed by atoms with van der Waals surface area (Å²) in [6.45, 7) is 3.95. The van der Waals surface area contributed by atoms with Crippen LogP contribution in [0, 0.1) is 0 Å². The molecule has 1 aromatic rings. The fraction of sp³-hybridized carbons (Fsp3) is 0.533. The van der Waals surface area contributed by atoms with Crippen LogP contribution in [0.5, 0.6) is 5.75 Å². The predicted octanol–water partition coefficient (Wildman–Crippen LogP) is 1.70. The van der Waals surface area contributed by atoms with Crippen LogP contribution < -0.4 is 15.2 Å². The SMILES string of the molecule is CCC(N)(CC)CNS(=O)(=O)c1ccc(C(=O)OC)c(OC)c1.Cl. The predicted molar refractivity (Wildman–Crippen MR) is 94.3 cm³/mol. The lowest BCUT2D eigenvalue weighted by Gasteiger charge is -2.26. The number of benzene rings is 1. The molecule has 0 aliphatic rings. The van der Waals surface area contributed by atoms with Crippen molar-refractivity contribution in [1.82, 2.24) is 4.72 Å². The van der Waals surface area contributed by atoms with E-state index in [0.717, 1.165) is 0 Å². The highest BCUT2D eigenvalue weighted by Gasteiger charge is 2.25. The molecule has 24 heavy (non-hydrogen) atoms. The first-order chi connectivity index (χ1) is 10.7. The normalized spacial score (nSPS) is 11.5. The Balaban J connectivity index is 0.00000529. The van der Waals surface area contributed by atoms with Gasteiger partial charge in [-0.2, -0.15) is 0 Å². The second kappa shape index (κ2) is 9.22. The Hall–Kier alpha value is -1.35. The molecule has 0 atom stereocenters. The van der Waals surface area contributed by atoms with Crippen molar-refractivity contribution < 1.29 is 22.7 Å². The van der Waals surface area contributed by atoms with Crippen LogP contribution in [0.1, 0.15) is 37.0 Å². The van der Waals surface area contributed by atoms with Crippen LogP contribution in [0.2, 0.25) is 0 Å². The maximum absolute atomic E-state index is 12.4. The zero-order valence-electron chi connectivity index (χ0n) is 14.3. The van der Waals surface area contributed by atoms with Gasteiger partial charge >= 0.3 is 5.97 Å². The third-order valence-corrected chi connectivity index (χ3v) is 5.31. The van der Waals surface area contributed by atoms with E-state index in [2.05, 4.69) is 9.46 Å². The van der Waals surface area contributed by atoms with Crippen LogP contribution >= 0.6 is 12.4 Å². The second-order valence-corrected chi connectivity index (χ2v) is 7.01. The van der Waals surface area contributed by atoms with E-state index >= 15 is 0 Å². The average Bonchev–Trinajstić information content (AvgIpc) is 2.58. The molecule has 1 rings (SSSR count). The first-order valence-electron chi connectivity index (χ1n) is 7.28. The standard InChI is InChI=1S/C15H24N2O5S.ClH/c1-5-15(16,6-2)10-17-23(19,20)11-7-8-12(14(18)22-4)13(9-11)21-3;/h7-9,17H,5-6,10,16H2,1-4H3;1H. The molecule has 0 aliphatic carbocycles. The Labute approximate surface area is 149 Å². The monoisotopic (exact) mass is 380 g/mol. The molecule has 0 fully saturated rings. The number of rotatable bonds is 8. The molecule has 0 saturated heterocycles. The van der Waals surface area contributed by atoms with Gasteiger partial charge in [0.1, 0.15) is 11.3 Å². The highest BCUT2D eigenvalue weighted by atomic mass is 35.5. The summed E-state index contributed by atoms with van der Waals surface area (Å²) in [6, 6.07) is 3.96. The number of methoxy groups -OCH3 is 2. The highest BCUT2D eigenvalue weighted by molar-refractivity contribution is 7.89. The molecule has 0 aromatic heterocycles. The molecule has 0 aliphatic heterocycles. The molecular weight excluding hydrogens is 356 g/mol. The summed E-state index contributed by atoms with van der Waals surface area (Å²) < 4.78 is 37.0. The molecule has 7 nitrogen and oxygen atoms in total. The number of sulfonamides is 1. The lowest BCUT2D eigenvalue weighted by Crippen LogP contribution is -2.49. The molecule has 0 radical (unpaired) electrons. The first kappa shape index (κ1) is 22.6. The quantitative estimate of drug-likeness (QED) is 0.664. The summed E-state index contributed by atoms with van der Waals surface area (Å²) in [5.74, 6) is -0.471. The van der Waals surface area contributed by atoms with E-state index < -0.39 is 21.5 Å². The number of carbonyl (C=O) groups is 1. The van der Waals surface area contributed by atoms with Crippen molar-refractivity contribution in [2.24, 2.45) is 5.73 Å². The third-order valence-electron chi connectivity index (χ3n) is 3.91. The maximum atomic E-state index is 12.4. The number of hydrogen-bond acceptors (Lipinski definition) is 6. The van der Waals surface area contributed by atoms with Crippen molar-refractivity contribution in [1.29, 1.82) is 0 Å². The van der Waals surface area contributed by atoms with E-state index in [1.807, 2.05) is 13.8 Å². The number of nitrogens with two attached hydrogens (primary N) is 1. The van der Waals surface area contributed by atoms with Gasteiger partial charge in [-0.1, -0.05) is 13.8 Å². The van der Waals surface area contributed by atoms with Gasteiger partial charge in [0.25, 0.3) is 0 Å². The van der Waals surface area contributed by atoms with Crippen molar-refractivity contribution in [3.8, 4) is 5.75 Å². The lowest BCUT2D eigenvalue weighted by molar-refractivity contribution is 0.0597. The second-order valence-electron chi connectivity index (χ2n) is 5.25. The Bertz CT molecular complexity index is 660. The minimum absolute atomic E-state index is 0. The number of halogens is 1. The van der Waals surface area contributed by atoms with Gasteiger partial charge in [0, 0.05) is 18.2 Å². The Morgan fingerprint density at radius 2 is 1.83 bits per heavy atom. The number of hydrogen-bond donors (Lipinski definition) is 2. The summed E-state index contributed by atoms with van der Waals surface area (Å²) in [5.41, 5.74) is 5.67. The summed E-state index contributed by atoms with van der Waals surface area (Å²) in [5, 5.41) is 0. The van der Waals surface area contributed by atoms with Gasteiger partial charge in [0.05, 0.1) is 19.1 Å². The number of ether oxygens (including phenoxy) is 2. The largest absolute Gasteiger partial charge is 0.496 e. The van der Waals surface area contributed by atoms with Gasteiger partial charge in [-0.3, -0.25) is 0 Å². The Morgan fingerprint density at radius 1 is 1.25 bits per heavy atom. The zero-order chi connectivity index (χ0) is 17.7. The van der Waals surface area contributed by atoms with Crippen LogP contribution in [-0.4, -0.2) is 40.7 Å². The van der Waals surface area contributed by atoms with Crippen LogP contribution in [-0.2, 0) is 14.8 Å². The van der Waals surface area contributed by atoms with Gasteiger partial charge < -0.3 is 15.2 Å². The summed E-state index contributed by atoms with van der Waals surface area (Å²) in [4.78, 5) is 11.6. The minimum Gasteiger partial charge on any atom is -0.496 e. The Kier molecular flexibility index (Phi) is 8.70. The summed E-state index contributed by atoms with van der Waals surface area (Å²) >= 11 is 0. The van der Waals surface area contributed by atoms with E-state index in [1.165, 1.54) is 32.4 Å². The van der Waals surface area contributed by atoms with Crippen molar-refractivity contribution in [3.63, 3.8) is 0 Å². The van der Waals surface area contributed by atoms with E-state index in [9.17, 15) is 13.2 Å². The zero-order valence-corrected chi connectivity index (χ0v) is 15.9. The molecule has 138 valence electrons. The molecule has 0 amide bonds. The van der Waals surface area contributed by atoms with Gasteiger partial charge in [-0.05, 0) is 25.0 Å². The third kappa shape index (κ3) is 5.34. The van der Waals surface area contributed by atoms with E-state index in [1.54, 1.807) is 0 Å². The molecule has 0 unspecified atom stereocenters. The van der Waals surface area contributed by atoms with Crippen molar-refractivity contribution in [2.45, 2.75) is 37.1 Å². The van der Waals surface area contributed by atoms with Gasteiger partial charge in [-0.25, -0.2) is 17.9 Å². The molecule has 1 aromatic carbocycles. The van der Waals surface area contributed by atoms with Gasteiger partial charge in [0.15, 0.2) is 0 Å². The van der Waals surface area contributed by atoms with Crippen LogP contribution in [0.15, 0.2) is 23.1 Å². The molecule has 0 spiro atoms. The molecule has 0 heterocycles. The van der Waals surface area contributed by atoms with Crippen molar-refractivity contribution in [3.05, 3.63) is 23.8 Å². The lowest BCUT2D eigenvalue weighted by atomic mass is 9.95. The number of carbonyl (C=O) groups excluding carboxylic acids is 1. The molecule has 0 bridgehead atoms. The van der Waals surface area contributed by atoms with Crippen LogP contribution in [0.25, 0.3) is 0 Å². The summed E-state index contributed by atoms with van der Waals surface area (Å²) in [6.07, 6.45) is 1.30. The molecule has 0 saturated carbocycles. The maximum Gasteiger partial charge on any atom is 0.341 e. The molecule has 3 N–H and O–H groups in total. The Morgan fingerprint density at radius 3 is 2.29 bits per heavy atom. The number of nitrogens with one attached hydrogen (secondary N) is 1. The average molecular weight is 381 g/mol. The van der Waals surface area contributed by atoms with Crippen LogP contribution in [0.4, 0.5) is 0 Å². The van der Waals surface area contributed by atoms with Gasteiger partial charge in [0.2, 0.25) is 10.0 Å². The first-order valence-corrected chi connectivity index (χ1v) is 8.76. The van der Waals surface area contributed by atoms with Crippen molar-refractivity contribution >= 4 is 28.4 Å². The fourth-order valence-corrected chi connectivity index (χ4v) is 3.09. The highest BCUT2D eigenvalue weighted by Crippen LogP contribution is 2.24. The van der Waals surface area contributed by atoms with E-state index in [0.29, 0.717) is 12.8 Å². The topological polar surface area (TPSA) is 108 Å². The fourth-order valence-electron chi connectivity index (χ4n) is 1.94. The van der Waals surface area contributed by atoms with E-state index in [4.69, 9.17) is 10.5 Å². The number of esters is 1. The smallest absolute Gasteiger partial charge is 0.341 e. The van der Waals surface area contributed by atoms with Gasteiger partial charge in [-0.15, -0.1) is 12.4 Å². The van der Waals surface area contributed by atoms with Crippen LogP contribution in [0.3, 0.4) is 0 Å². The molecule has 9 heteroatoms.